The Balaban J connectivity index is 2.15. The van der Waals surface area contributed by atoms with Crippen LogP contribution in [0.1, 0.15) is 19.3 Å². The molecule has 0 aliphatic heterocycles. The summed E-state index contributed by atoms with van der Waals surface area (Å²) in [5.74, 6) is 0. The van der Waals surface area contributed by atoms with Crippen molar-refractivity contribution in [2.75, 3.05) is 6.61 Å². The molecule has 0 aromatic carbocycles. The van der Waals surface area contributed by atoms with E-state index < -0.39 is 13.0 Å². The lowest BCUT2D eigenvalue weighted by Crippen LogP contribution is -2.20. The van der Waals surface area contributed by atoms with Crippen molar-refractivity contribution >= 4 is 22.6 Å². The second kappa shape index (κ2) is 4.54. The Labute approximate surface area is 78.6 Å². The quantitative estimate of drug-likeness (QED) is 0.568. The summed E-state index contributed by atoms with van der Waals surface area (Å²) < 4.78 is 28.8. The third-order valence-electron chi connectivity index (χ3n) is 1.81. The minimum Gasteiger partial charge on any atom is -0.371 e. The topological polar surface area (TPSA) is 9.23 Å². The Bertz CT molecular complexity index is 121. The molecule has 11 heavy (non-hydrogen) atoms. The van der Waals surface area contributed by atoms with Crippen molar-refractivity contribution in [3.05, 3.63) is 0 Å². The first-order valence-corrected chi connectivity index (χ1v) is 4.98. The average molecular weight is 276 g/mol. The fraction of sp³-hybridized carbons (Fsp3) is 1.00. The van der Waals surface area contributed by atoms with Gasteiger partial charge in [-0.25, -0.2) is 8.78 Å². The molecular weight excluding hydrogens is 265 g/mol. The van der Waals surface area contributed by atoms with Gasteiger partial charge in [0.1, 0.15) is 6.61 Å². The molecule has 4 heteroatoms. The van der Waals surface area contributed by atoms with E-state index in [1.807, 2.05) is 0 Å². The van der Waals surface area contributed by atoms with E-state index in [0.29, 0.717) is 3.92 Å². The highest BCUT2D eigenvalue weighted by molar-refractivity contribution is 14.1. The van der Waals surface area contributed by atoms with Crippen LogP contribution in [0.3, 0.4) is 0 Å². The summed E-state index contributed by atoms with van der Waals surface area (Å²) in [6.45, 7) is -0.399. The molecule has 1 nitrogen and oxygen atoms in total. The molecule has 66 valence electrons. The summed E-state index contributed by atoms with van der Waals surface area (Å²) in [4.78, 5) is 0. The molecule has 0 saturated heterocycles. The van der Waals surface area contributed by atoms with Gasteiger partial charge in [0.2, 0.25) is 0 Å². The third kappa shape index (κ3) is 3.19. The van der Waals surface area contributed by atoms with Crippen LogP contribution in [0.2, 0.25) is 0 Å². The molecule has 1 rings (SSSR count). The molecule has 1 aliphatic carbocycles. The van der Waals surface area contributed by atoms with Crippen molar-refractivity contribution in [1.82, 2.24) is 0 Å². The highest BCUT2D eigenvalue weighted by Crippen LogP contribution is 2.28. The van der Waals surface area contributed by atoms with Crippen LogP contribution in [0.15, 0.2) is 0 Å². The van der Waals surface area contributed by atoms with Crippen molar-refractivity contribution in [2.45, 2.75) is 35.7 Å². The standard InChI is InChI=1S/C7H11F2IO/c8-7(9)4-11-6-3-1-2-5(6)10/h5-7H,1-4H2. The largest absolute Gasteiger partial charge is 0.371 e. The zero-order chi connectivity index (χ0) is 8.27. The maximum Gasteiger partial charge on any atom is 0.261 e. The molecule has 0 aromatic heterocycles. The van der Waals surface area contributed by atoms with Gasteiger partial charge in [-0.2, -0.15) is 0 Å². The molecule has 1 fully saturated rings. The van der Waals surface area contributed by atoms with Crippen molar-refractivity contribution in [1.29, 1.82) is 0 Å². The number of ether oxygens (including phenoxy) is 1. The second-order valence-corrected chi connectivity index (χ2v) is 4.31. The van der Waals surface area contributed by atoms with Crippen LogP contribution >= 0.6 is 22.6 Å². The predicted molar refractivity (Wildman–Crippen MR) is 47.4 cm³/mol. The molecule has 0 aromatic rings. The zero-order valence-electron chi connectivity index (χ0n) is 6.10. The van der Waals surface area contributed by atoms with Crippen molar-refractivity contribution < 1.29 is 13.5 Å². The van der Waals surface area contributed by atoms with E-state index in [9.17, 15) is 8.78 Å². The van der Waals surface area contributed by atoms with Gasteiger partial charge in [0.25, 0.3) is 6.43 Å². The number of alkyl halides is 3. The van der Waals surface area contributed by atoms with Crippen LogP contribution in [-0.4, -0.2) is 23.1 Å². The number of rotatable bonds is 3. The first-order chi connectivity index (χ1) is 5.20. The lowest BCUT2D eigenvalue weighted by atomic mass is 10.3. The Morgan fingerprint density at radius 3 is 2.64 bits per heavy atom. The Hall–Kier alpha value is 0.550. The normalized spacial score (nSPS) is 31.6. The van der Waals surface area contributed by atoms with E-state index in [1.165, 1.54) is 0 Å². The smallest absolute Gasteiger partial charge is 0.261 e. The van der Waals surface area contributed by atoms with Gasteiger partial charge in [0.05, 0.1) is 6.10 Å². The Morgan fingerprint density at radius 2 is 2.18 bits per heavy atom. The molecule has 0 heterocycles. The average Bonchev–Trinajstić information content (AvgIpc) is 2.31. The lowest BCUT2D eigenvalue weighted by molar-refractivity contribution is -0.0178. The second-order valence-electron chi connectivity index (χ2n) is 2.71. The summed E-state index contributed by atoms with van der Waals surface area (Å²) in [6, 6.07) is 0. The highest BCUT2D eigenvalue weighted by Gasteiger charge is 2.26. The molecule has 0 radical (unpaired) electrons. The lowest BCUT2D eigenvalue weighted by Gasteiger charge is -2.14. The van der Waals surface area contributed by atoms with Crippen molar-refractivity contribution in [2.24, 2.45) is 0 Å². The fourth-order valence-electron chi connectivity index (χ4n) is 1.26. The summed E-state index contributed by atoms with van der Waals surface area (Å²) in [6.07, 6.45) is 0.917. The third-order valence-corrected chi connectivity index (χ3v) is 3.23. The Morgan fingerprint density at radius 1 is 1.45 bits per heavy atom. The molecule has 0 N–H and O–H groups in total. The van der Waals surface area contributed by atoms with Gasteiger partial charge in [-0.05, 0) is 19.3 Å². The molecule has 2 atom stereocenters. The van der Waals surface area contributed by atoms with Gasteiger partial charge in [-0.15, -0.1) is 0 Å². The van der Waals surface area contributed by atoms with Crippen LogP contribution in [-0.2, 0) is 4.74 Å². The molecule has 0 bridgehead atoms. The Kier molecular flexibility index (Phi) is 3.98. The zero-order valence-corrected chi connectivity index (χ0v) is 8.26. The SMILES string of the molecule is FC(F)COC1CCCC1I. The number of hydrogen-bond acceptors (Lipinski definition) is 1. The summed E-state index contributed by atoms with van der Waals surface area (Å²) in [7, 11) is 0. The maximum atomic E-state index is 11.7. The summed E-state index contributed by atoms with van der Waals surface area (Å²) >= 11 is 2.27. The van der Waals surface area contributed by atoms with Gasteiger partial charge in [-0.1, -0.05) is 22.6 Å². The van der Waals surface area contributed by atoms with Crippen LogP contribution in [0, 0.1) is 0 Å². The van der Waals surface area contributed by atoms with Gasteiger partial charge < -0.3 is 4.74 Å². The first kappa shape index (κ1) is 9.64. The number of hydrogen-bond donors (Lipinski definition) is 0. The molecule has 0 spiro atoms. The summed E-state index contributed by atoms with van der Waals surface area (Å²) in [5, 5.41) is 0. The maximum absolute atomic E-state index is 11.7. The minimum atomic E-state index is -2.32. The molecule has 0 amide bonds. The van der Waals surface area contributed by atoms with Crippen LogP contribution in [0.25, 0.3) is 0 Å². The van der Waals surface area contributed by atoms with Gasteiger partial charge in [-0.3, -0.25) is 0 Å². The molecule has 1 aliphatic rings. The van der Waals surface area contributed by atoms with Crippen LogP contribution in [0.4, 0.5) is 8.78 Å². The van der Waals surface area contributed by atoms with Crippen molar-refractivity contribution in [3.63, 3.8) is 0 Å². The van der Waals surface area contributed by atoms with Gasteiger partial charge in [0, 0.05) is 3.92 Å². The fourth-order valence-corrected chi connectivity index (χ4v) is 2.27. The van der Waals surface area contributed by atoms with E-state index in [0.717, 1.165) is 19.3 Å². The van der Waals surface area contributed by atoms with Crippen LogP contribution < -0.4 is 0 Å². The molecule has 1 saturated carbocycles. The highest BCUT2D eigenvalue weighted by atomic mass is 127. The van der Waals surface area contributed by atoms with Crippen molar-refractivity contribution in [3.8, 4) is 0 Å². The van der Waals surface area contributed by atoms with E-state index in [1.54, 1.807) is 0 Å². The van der Waals surface area contributed by atoms with Crippen LogP contribution in [0.5, 0.6) is 0 Å². The monoisotopic (exact) mass is 276 g/mol. The van der Waals surface area contributed by atoms with E-state index in [4.69, 9.17) is 4.74 Å². The van der Waals surface area contributed by atoms with Gasteiger partial charge in [0.15, 0.2) is 0 Å². The first-order valence-electron chi connectivity index (χ1n) is 3.74. The predicted octanol–water partition coefficient (Wildman–Crippen LogP) is 2.62. The summed E-state index contributed by atoms with van der Waals surface area (Å²) in [5.41, 5.74) is 0. The molecule has 2 unspecified atom stereocenters. The van der Waals surface area contributed by atoms with E-state index >= 15 is 0 Å². The molecular formula is C7H11F2IO. The van der Waals surface area contributed by atoms with E-state index in [-0.39, 0.29) is 6.10 Å². The van der Waals surface area contributed by atoms with Gasteiger partial charge >= 0.3 is 0 Å². The number of halogens is 3. The minimum absolute atomic E-state index is 0.0737. The van der Waals surface area contributed by atoms with E-state index in [2.05, 4.69) is 22.6 Å².